The minimum absolute atomic E-state index is 0.239. The molecule has 0 amide bonds. The summed E-state index contributed by atoms with van der Waals surface area (Å²) < 4.78 is 3.82. The molecule has 0 radical (unpaired) electrons. The summed E-state index contributed by atoms with van der Waals surface area (Å²) >= 11 is 0. The van der Waals surface area contributed by atoms with E-state index in [1.165, 1.54) is 0 Å². The summed E-state index contributed by atoms with van der Waals surface area (Å²) in [5, 5.41) is 22.5. The second-order valence-electron chi connectivity index (χ2n) is 4.70. The number of nitrogens with one attached hydrogen (secondary N) is 1. The molecule has 92 valence electrons. The molecule has 1 atom stereocenters. The monoisotopic (exact) mass is 235 g/mol. The van der Waals surface area contributed by atoms with Crippen LogP contribution in [0.15, 0.2) is 0 Å². The van der Waals surface area contributed by atoms with Crippen molar-refractivity contribution in [2.45, 2.75) is 19.9 Å². The highest BCUT2D eigenvalue weighted by atomic mass is 16.3. The third-order valence-electron chi connectivity index (χ3n) is 3.43. The highest BCUT2D eigenvalue weighted by Crippen LogP contribution is 2.30. The molecule has 0 saturated heterocycles. The van der Waals surface area contributed by atoms with E-state index < -0.39 is 0 Å². The Morgan fingerprint density at radius 2 is 2.29 bits per heavy atom. The Hall–Kier alpha value is -1.56. The van der Waals surface area contributed by atoms with Crippen LogP contribution >= 0.6 is 0 Å². The molecule has 2 aromatic rings. The van der Waals surface area contributed by atoms with Crippen molar-refractivity contribution in [3.8, 4) is 0 Å². The van der Waals surface area contributed by atoms with Crippen LogP contribution in [0.3, 0.4) is 0 Å². The number of aliphatic hydroxyl groups excluding tert-OH is 1. The zero-order valence-corrected chi connectivity index (χ0v) is 10.1. The molecule has 17 heavy (non-hydrogen) atoms. The van der Waals surface area contributed by atoms with E-state index in [0.29, 0.717) is 5.92 Å². The fourth-order valence-electron chi connectivity index (χ4n) is 2.57. The van der Waals surface area contributed by atoms with Gasteiger partial charge in [-0.25, -0.2) is 9.36 Å². The van der Waals surface area contributed by atoms with Crippen molar-refractivity contribution in [1.82, 2.24) is 19.6 Å². The van der Waals surface area contributed by atoms with Crippen molar-refractivity contribution in [2.75, 3.05) is 18.5 Å². The van der Waals surface area contributed by atoms with E-state index in [0.717, 1.165) is 42.1 Å². The van der Waals surface area contributed by atoms with Gasteiger partial charge in [0.2, 0.25) is 0 Å². The number of hydrogen-bond acceptors (Lipinski definition) is 4. The smallest absolute Gasteiger partial charge is 0.182 e. The average molecular weight is 235 g/mol. The van der Waals surface area contributed by atoms with E-state index >= 15 is 0 Å². The molecule has 2 aromatic heterocycles. The van der Waals surface area contributed by atoms with Gasteiger partial charge in [0.25, 0.3) is 0 Å². The zero-order chi connectivity index (χ0) is 12.0. The third-order valence-corrected chi connectivity index (χ3v) is 3.43. The molecular formula is C11H17N5O. The van der Waals surface area contributed by atoms with E-state index in [4.69, 9.17) is 5.11 Å². The van der Waals surface area contributed by atoms with E-state index in [9.17, 15) is 0 Å². The van der Waals surface area contributed by atoms with Crippen LogP contribution in [0.1, 0.15) is 12.1 Å². The molecule has 0 fully saturated rings. The predicted octanol–water partition coefficient (Wildman–Crippen LogP) is 0.502. The van der Waals surface area contributed by atoms with Gasteiger partial charge in [-0.15, -0.1) is 0 Å². The molecule has 0 aromatic carbocycles. The fourth-order valence-corrected chi connectivity index (χ4v) is 2.57. The van der Waals surface area contributed by atoms with Crippen molar-refractivity contribution >= 4 is 16.9 Å². The molecule has 0 aliphatic carbocycles. The number of anilines is 1. The fraction of sp³-hybridized carbons (Fsp3) is 0.636. The van der Waals surface area contributed by atoms with Crippen molar-refractivity contribution in [3.05, 3.63) is 5.69 Å². The van der Waals surface area contributed by atoms with Crippen LogP contribution in [0, 0.1) is 12.8 Å². The quantitative estimate of drug-likeness (QED) is 0.795. The third kappa shape index (κ3) is 1.51. The van der Waals surface area contributed by atoms with Gasteiger partial charge in [0.05, 0.1) is 11.1 Å². The Morgan fingerprint density at radius 1 is 1.47 bits per heavy atom. The van der Waals surface area contributed by atoms with Gasteiger partial charge in [-0.05, 0) is 19.3 Å². The minimum atomic E-state index is 0.239. The van der Waals surface area contributed by atoms with Gasteiger partial charge in [0.15, 0.2) is 5.65 Å². The lowest BCUT2D eigenvalue weighted by molar-refractivity contribution is 0.245. The van der Waals surface area contributed by atoms with E-state index in [1.807, 2.05) is 23.3 Å². The molecule has 3 rings (SSSR count). The normalized spacial score (nSPS) is 19.4. The topological polar surface area (TPSA) is 67.9 Å². The Kier molecular flexibility index (Phi) is 2.32. The predicted molar refractivity (Wildman–Crippen MR) is 64.9 cm³/mol. The minimum Gasteiger partial charge on any atom is -0.396 e. The van der Waals surface area contributed by atoms with Gasteiger partial charge in [-0.2, -0.15) is 10.2 Å². The van der Waals surface area contributed by atoms with Crippen LogP contribution in [0.4, 0.5) is 5.82 Å². The van der Waals surface area contributed by atoms with Crippen molar-refractivity contribution in [3.63, 3.8) is 0 Å². The van der Waals surface area contributed by atoms with Crippen LogP contribution in [0.5, 0.6) is 0 Å². The zero-order valence-electron chi connectivity index (χ0n) is 10.1. The summed E-state index contributed by atoms with van der Waals surface area (Å²) in [7, 11) is 1.92. The molecule has 1 aliphatic rings. The van der Waals surface area contributed by atoms with Crippen LogP contribution in [-0.2, 0) is 13.6 Å². The Labute approximate surface area is 99.2 Å². The van der Waals surface area contributed by atoms with Gasteiger partial charge in [0, 0.05) is 26.7 Å². The maximum atomic E-state index is 8.98. The molecular weight excluding hydrogens is 218 g/mol. The highest BCUT2D eigenvalue weighted by Gasteiger charge is 2.24. The molecule has 1 aliphatic heterocycles. The molecule has 1 unspecified atom stereocenters. The molecule has 0 saturated carbocycles. The Balaban J connectivity index is 2.05. The average Bonchev–Trinajstić information content (AvgIpc) is 2.79. The first-order chi connectivity index (χ1) is 8.20. The summed E-state index contributed by atoms with van der Waals surface area (Å²) in [6, 6.07) is 0. The van der Waals surface area contributed by atoms with Crippen molar-refractivity contribution < 1.29 is 5.11 Å². The van der Waals surface area contributed by atoms with E-state index in [1.54, 1.807) is 0 Å². The summed E-state index contributed by atoms with van der Waals surface area (Å²) in [4.78, 5) is 0. The molecule has 0 bridgehead atoms. The number of aromatic nitrogens is 4. The SMILES string of the molecule is Cc1nn(C)c2nn3c(c12)NCC(CCO)C3. The Morgan fingerprint density at radius 3 is 3.06 bits per heavy atom. The summed E-state index contributed by atoms with van der Waals surface area (Å²) in [6.07, 6.45) is 0.819. The van der Waals surface area contributed by atoms with Gasteiger partial charge >= 0.3 is 0 Å². The summed E-state index contributed by atoms with van der Waals surface area (Å²) in [5.74, 6) is 1.52. The maximum Gasteiger partial charge on any atom is 0.182 e. The highest BCUT2D eigenvalue weighted by molar-refractivity contribution is 5.90. The number of aliphatic hydroxyl groups is 1. The molecule has 0 spiro atoms. The molecule has 2 N–H and O–H groups in total. The maximum absolute atomic E-state index is 8.98. The lowest BCUT2D eigenvalue weighted by Gasteiger charge is -2.24. The largest absolute Gasteiger partial charge is 0.396 e. The standard InChI is InChI=1S/C11H17N5O/c1-7-9-10-12-5-8(3-4-17)6-16(10)14-11(9)15(2)13-7/h8,12,17H,3-6H2,1-2H3. The van der Waals surface area contributed by atoms with Gasteiger partial charge in [0.1, 0.15) is 5.82 Å². The van der Waals surface area contributed by atoms with Crippen LogP contribution in [-0.4, -0.2) is 37.8 Å². The molecule has 3 heterocycles. The van der Waals surface area contributed by atoms with E-state index in [2.05, 4.69) is 15.5 Å². The molecule has 6 nitrogen and oxygen atoms in total. The number of rotatable bonds is 2. The van der Waals surface area contributed by atoms with E-state index in [-0.39, 0.29) is 6.61 Å². The lowest BCUT2D eigenvalue weighted by atomic mass is 10.0. The van der Waals surface area contributed by atoms with Gasteiger partial charge in [-0.1, -0.05) is 0 Å². The van der Waals surface area contributed by atoms with Crippen LogP contribution in [0.2, 0.25) is 0 Å². The number of fused-ring (bicyclic) bond motifs is 3. The summed E-state index contributed by atoms with van der Waals surface area (Å²) in [5.41, 5.74) is 1.94. The van der Waals surface area contributed by atoms with Crippen molar-refractivity contribution in [2.24, 2.45) is 13.0 Å². The summed E-state index contributed by atoms with van der Waals surface area (Å²) in [6.45, 7) is 4.02. The first kappa shape index (κ1) is 10.6. The second kappa shape index (κ2) is 3.73. The van der Waals surface area contributed by atoms with Crippen LogP contribution < -0.4 is 5.32 Å². The molecule has 6 heteroatoms. The first-order valence-corrected chi connectivity index (χ1v) is 5.95. The Bertz CT molecular complexity index is 556. The van der Waals surface area contributed by atoms with Gasteiger partial charge in [-0.3, -0.25) is 0 Å². The first-order valence-electron chi connectivity index (χ1n) is 5.95. The number of aryl methyl sites for hydroxylation is 2. The lowest BCUT2D eigenvalue weighted by Crippen LogP contribution is -2.28. The number of hydrogen-bond donors (Lipinski definition) is 2. The van der Waals surface area contributed by atoms with Gasteiger partial charge < -0.3 is 10.4 Å². The van der Waals surface area contributed by atoms with Crippen LogP contribution in [0.25, 0.3) is 11.0 Å². The second-order valence-corrected chi connectivity index (χ2v) is 4.70. The van der Waals surface area contributed by atoms with Crippen molar-refractivity contribution in [1.29, 1.82) is 0 Å². The number of nitrogens with zero attached hydrogens (tertiary/aromatic N) is 4.